The molecule has 2 aliphatic carbocycles. The van der Waals surface area contributed by atoms with Crippen molar-refractivity contribution in [3.63, 3.8) is 0 Å². The molecule has 0 aromatic rings. The zero-order valence-electron chi connectivity index (χ0n) is 8.47. The minimum atomic E-state index is 0.328. The normalized spacial score (nSPS) is 24.8. The Labute approximate surface area is 85.7 Å². The molecule has 13 heavy (non-hydrogen) atoms. The minimum absolute atomic E-state index is 0.328. The highest BCUT2D eigenvalue weighted by atomic mass is 32.1. The van der Waals surface area contributed by atoms with E-state index in [2.05, 4.69) is 24.2 Å². The van der Waals surface area contributed by atoms with E-state index in [0.29, 0.717) is 11.6 Å². The summed E-state index contributed by atoms with van der Waals surface area (Å²) in [5, 5.41) is 4.39. The quantitative estimate of drug-likeness (QED) is 0.682. The molecule has 0 radical (unpaired) electrons. The van der Waals surface area contributed by atoms with E-state index in [-0.39, 0.29) is 0 Å². The third kappa shape index (κ3) is 1.96. The van der Waals surface area contributed by atoms with Crippen LogP contribution < -0.4 is 5.32 Å². The van der Waals surface area contributed by atoms with Crippen molar-refractivity contribution < 1.29 is 0 Å². The molecule has 0 aromatic carbocycles. The Morgan fingerprint density at radius 1 is 1.46 bits per heavy atom. The number of hydrogen-bond donors (Lipinski definition) is 1. The Morgan fingerprint density at radius 3 is 2.46 bits per heavy atom. The van der Waals surface area contributed by atoms with Gasteiger partial charge in [-0.05, 0) is 51.2 Å². The van der Waals surface area contributed by atoms with Gasteiger partial charge in [0.2, 0.25) is 0 Å². The van der Waals surface area contributed by atoms with Crippen molar-refractivity contribution in [2.24, 2.45) is 0 Å². The maximum atomic E-state index is 5.36. The van der Waals surface area contributed by atoms with Crippen molar-refractivity contribution in [1.82, 2.24) is 10.2 Å². The number of thiocarbonyl (C=S) groups is 1. The maximum Gasteiger partial charge on any atom is 0.169 e. The van der Waals surface area contributed by atoms with E-state index < -0.39 is 0 Å². The molecule has 0 atom stereocenters. The fourth-order valence-corrected chi connectivity index (χ4v) is 1.99. The summed E-state index contributed by atoms with van der Waals surface area (Å²) in [4.78, 5) is 2.24. The molecule has 0 spiro atoms. The second kappa shape index (κ2) is 3.12. The number of rotatable bonds is 2. The van der Waals surface area contributed by atoms with Gasteiger partial charge in [0.1, 0.15) is 0 Å². The standard InChI is InChI=1S/C10H18N2S/c1-10(6-7-10)11-9(13)12(2)8-4-3-5-8/h8H,3-7H2,1-2H3,(H,11,13). The molecule has 2 fully saturated rings. The van der Waals surface area contributed by atoms with Gasteiger partial charge in [-0.1, -0.05) is 0 Å². The Hall–Kier alpha value is -0.310. The number of nitrogens with zero attached hydrogens (tertiary/aromatic N) is 1. The molecule has 2 saturated carbocycles. The van der Waals surface area contributed by atoms with Crippen molar-refractivity contribution in [3.05, 3.63) is 0 Å². The third-order valence-corrected chi connectivity index (χ3v) is 3.74. The maximum absolute atomic E-state index is 5.36. The van der Waals surface area contributed by atoms with Gasteiger partial charge in [-0.25, -0.2) is 0 Å². The number of hydrogen-bond acceptors (Lipinski definition) is 1. The Morgan fingerprint density at radius 2 is 2.08 bits per heavy atom. The van der Waals surface area contributed by atoms with Crippen LogP contribution in [0.25, 0.3) is 0 Å². The zero-order chi connectivity index (χ0) is 9.47. The van der Waals surface area contributed by atoms with Crippen molar-refractivity contribution in [3.8, 4) is 0 Å². The fourth-order valence-electron chi connectivity index (χ4n) is 1.60. The van der Waals surface area contributed by atoms with E-state index in [1.54, 1.807) is 0 Å². The van der Waals surface area contributed by atoms with E-state index in [9.17, 15) is 0 Å². The predicted molar refractivity (Wildman–Crippen MR) is 58.8 cm³/mol. The largest absolute Gasteiger partial charge is 0.357 e. The molecule has 0 aliphatic heterocycles. The molecule has 0 amide bonds. The first-order valence-electron chi connectivity index (χ1n) is 5.16. The van der Waals surface area contributed by atoms with E-state index in [4.69, 9.17) is 12.2 Å². The van der Waals surface area contributed by atoms with Gasteiger partial charge in [0.25, 0.3) is 0 Å². The molecule has 3 heteroatoms. The second-order valence-electron chi connectivity index (χ2n) is 4.69. The Balaban J connectivity index is 1.81. The van der Waals surface area contributed by atoms with Gasteiger partial charge in [-0.15, -0.1) is 0 Å². The van der Waals surface area contributed by atoms with Crippen LogP contribution in [-0.2, 0) is 0 Å². The van der Waals surface area contributed by atoms with Gasteiger partial charge >= 0.3 is 0 Å². The first-order valence-corrected chi connectivity index (χ1v) is 5.56. The van der Waals surface area contributed by atoms with Crippen LogP contribution in [-0.4, -0.2) is 28.6 Å². The lowest BCUT2D eigenvalue weighted by Gasteiger charge is -2.37. The van der Waals surface area contributed by atoms with Crippen molar-refractivity contribution in [2.75, 3.05) is 7.05 Å². The molecule has 74 valence electrons. The molecule has 0 aromatic heterocycles. The summed E-state index contributed by atoms with van der Waals surface area (Å²) in [6, 6.07) is 0.711. The summed E-state index contributed by atoms with van der Waals surface area (Å²) in [5.74, 6) is 0. The van der Waals surface area contributed by atoms with E-state index >= 15 is 0 Å². The van der Waals surface area contributed by atoms with Crippen LogP contribution in [0.5, 0.6) is 0 Å². The lowest BCUT2D eigenvalue weighted by molar-refractivity contribution is 0.237. The minimum Gasteiger partial charge on any atom is -0.357 e. The topological polar surface area (TPSA) is 15.3 Å². The van der Waals surface area contributed by atoms with Gasteiger partial charge < -0.3 is 10.2 Å². The average molecular weight is 198 g/mol. The summed E-state index contributed by atoms with van der Waals surface area (Å²) in [5.41, 5.74) is 0.328. The van der Waals surface area contributed by atoms with Crippen LogP contribution in [0.4, 0.5) is 0 Å². The first-order chi connectivity index (χ1) is 6.11. The molecule has 2 nitrogen and oxygen atoms in total. The first kappa shape index (κ1) is 9.25. The predicted octanol–water partition coefficient (Wildman–Crippen LogP) is 1.90. The molecular formula is C10H18N2S. The average Bonchev–Trinajstić information content (AvgIpc) is 2.64. The molecule has 0 saturated heterocycles. The lowest BCUT2D eigenvalue weighted by atomic mass is 9.92. The van der Waals surface area contributed by atoms with Crippen molar-refractivity contribution in [1.29, 1.82) is 0 Å². The smallest absolute Gasteiger partial charge is 0.169 e. The lowest BCUT2D eigenvalue weighted by Crippen LogP contribution is -2.49. The molecule has 1 N–H and O–H groups in total. The molecule has 0 bridgehead atoms. The summed E-state index contributed by atoms with van der Waals surface area (Å²) in [6.07, 6.45) is 6.54. The Bertz CT molecular complexity index is 219. The Kier molecular flexibility index (Phi) is 2.22. The van der Waals surface area contributed by atoms with Gasteiger partial charge in [0.15, 0.2) is 5.11 Å². The van der Waals surface area contributed by atoms with E-state index in [0.717, 1.165) is 5.11 Å². The van der Waals surface area contributed by atoms with Crippen LogP contribution >= 0.6 is 12.2 Å². The highest BCUT2D eigenvalue weighted by Crippen LogP contribution is 2.34. The molecule has 0 unspecified atom stereocenters. The number of nitrogens with one attached hydrogen (secondary N) is 1. The molecule has 2 rings (SSSR count). The van der Waals surface area contributed by atoms with E-state index in [1.165, 1.54) is 32.1 Å². The van der Waals surface area contributed by atoms with Crippen molar-refractivity contribution >= 4 is 17.3 Å². The molecule has 0 heterocycles. The van der Waals surface area contributed by atoms with Crippen LogP contribution in [0, 0.1) is 0 Å². The van der Waals surface area contributed by atoms with E-state index in [1.807, 2.05) is 0 Å². The highest BCUT2D eigenvalue weighted by Gasteiger charge is 2.39. The van der Waals surface area contributed by atoms with Crippen LogP contribution in [0.15, 0.2) is 0 Å². The summed E-state index contributed by atoms with van der Waals surface area (Å²) in [7, 11) is 2.12. The van der Waals surface area contributed by atoms with Gasteiger partial charge in [0.05, 0.1) is 0 Å². The second-order valence-corrected chi connectivity index (χ2v) is 5.07. The highest BCUT2D eigenvalue weighted by molar-refractivity contribution is 7.80. The summed E-state index contributed by atoms with van der Waals surface area (Å²) < 4.78 is 0. The monoisotopic (exact) mass is 198 g/mol. The fraction of sp³-hybridized carbons (Fsp3) is 0.900. The van der Waals surface area contributed by atoms with Crippen LogP contribution in [0.1, 0.15) is 39.0 Å². The van der Waals surface area contributed by atoms with Crippen LogP contribution in [0.2, 0.25) is 0 Å². The SMILES string of the molecule is CN(C(=S)NC1(C)CC1)C1CCC1. The zero-order valence-corrected chi connectivity index (χ0v) is 9.28. The third-order valence-electron chi connectivity index (χ3n) is 3.35. The molecular weight excluding hydrogens is 180 g/mol. The van der Waals surface area contributed by atoms with Gasteiger partial charge in [-0.2, -0.15) is 0 Å². The summed E-state index contributed by atoms with van der Waals surface area (Å²) >= 11 is 5.36. The van der Waals surface area contributed by atoms with Crippen molar-refractivity contribution in [2.45, 2.75) is 50.6 Å². The van der Waals surface area contributed by atoms with Gasteiger partial charge in [0, 0.05) is 18.6 Å². The molecule has 2 aliphatic rings. The van der Waals surface area contributed by atoms with Gasteiger partial charge in [-0.3, -0.25) is 0 Å². The summed E-state index contributed by atoms with van der Waals surface area (Å²) in [6.45, 7) is 2.24. The van der Waals surface area contributed by atoms with Crippen LogP contribution in [0.3, 0.4) is 0 Å².